The Kier molecular flexibility index (Phi) is 5.14. The average Bonchev–Trinajstić information content (AvgIpc) is 3.14. The maximum Gasteiger partial charge on any atom is 0.276 e. The van der Waals surface area contributed by atoms with Gasteiger partial charge in [0, 0.05) is 10.6 Å². The monoisotopic (exact) mass is 353 g/mol. The third-order valence-corrected chi connectivity index (χ3v) is 5.34. The molecule has 1 N–H and O–H groups in total. The van der Waals surface area contributed by atoms with E-state index in [9.17, 15) is 4.79 Å². The normalized spacial score (nSPS) is 10.5. The second-order valence-corrected chi connectivity index (χ2v) is 7.03. The summed E-state index contributed by atoms with van der Waals surface area (Å²) < 4.78 is 0. The zero-order chi connectivity index (χ0) is 16.9. The largest absolute Gasteiger partial charge is 0.311 e. The van der Waals surface area contributed by atoms with Gasteiger partial charge in [0.05, 0.1) is 12.3 Å². The number of aryl methyl sites for hydroxylation is 1. The number of nitrogens with one attached hydrogen (secondary N) is 1. The molecular formula is C18H15N3OS2. The number of benzene rings is 1. The molecule has 0 radical (unpaired) electrons. The van der Waals surface area contributed by atoms with Crippen LogP contribution in [0.2, 0.25) is 0 Å². The Balaban J connectivity index is 1.89. The quantitative estimate of drug-likeness (QED) is 0.403. The van der Waals surface area contributed by atoms with Crippen molar-refractivity contribution < 1.29 is 0 Å². The summed E-state index contributed by atoms with van der Waals surface area (Å²) in [6.45, 7) is 9.37. The molecule has 3 rings (SSSR count). The van der Waals surface area contributed by atoms with Gasteiger partial charge in [-0.25, -0.2) is 9.83 Å². The van der Waals surface area contributed by atoms with Crippen LogP contribution in [0.4, 0.5) is 5.69 Å². The molecule has 4 nitrogen and oxygen atoms in total. The third kappa shape index (κ3) is 3.58. The van der Waals surface area contributed by atoms with Gasteiger partial charge in [-0.15, -0.1) is 11.3 Å². The Morgan fingerprint density at radius 3 is 2.83 bits per heavy atom. The molecule has 0 aliphatic rings. The van der Waals surface area contributed by atoms with Crippen molar-refractivity contribution in [1.82, 2.24) is 9.97 Å². The summed E-state index contributed by atoms with van der Waals surface area (Å²) in [6.07, 6.45) is 0.996. The highest BCUT2D eigenvalue weighted by Crippen LogP contribution is 2.31. The Morgan fingerprint density at radius 1 is 1.29 bits per heavy atom. The number of rotatable bonds is 5. The van der Waals surface area contributed by atoms with E-state index in [1.807, 2.05) is 23.6 Å². The van der Waals surface area contributed by atoms with Gasteiger partial charge in [0.1, 0.15) is 0 Å². The zero-order valence-electron chi connectivity index (χ0n) is 13.1. The van der Waals surface area contributed by atoms with Crippen LogP contribution in [0.1, 0.15) is 18.1 Å². The van der Waals surface area contributed by atoms with E-state index in [-0.39, 0.29) is 11.2 Å². The topological polar surface area (TPSA) is 50.1 Å². The number of hydrogen-bond donors (Lipinski definition) is 1. The Hall–Kier alpha value is -2.36. The summed E-state index contributed by atoms with van der Waals surface area (Å²) >= 11 is 2.95. The van der Waals surface area contributed by atoms with E-state index < -0.39 is 0 Å². The van der Waals surface area contributed by atoms with Crippen LogP contribution in [0.3, 0.4) is 0 Å². The molecule has 0 atom stereocenters. The summed E-state index contributed by atoms with van der Waals surface area (Å²) in [6, 6.07) is 12.1. The van der Waals surface area contributed by atoms with E-state index in [1.165, 1.54) is 34.2 Å². The molecule has 0 bridgehead atoms. The Bertz CT molecular complexity index is 940. The van der Waals surface area contributed by atoms with Crippen molar-refractivity contribution in [2.24, 2.45) is 0 Å². The second kappa shape index (κ2) is 7.47. The Labute approximate surface area is 148 Å². The molecule has 0 fully saturated rings. The number of nitrogens with zero attached hydrogens (tertiary/aromatic N) is 2. The standard InChI is InChI=1S/C18H15N3OS2/c1-3-12-6-4-7-13(10-12)11-24-18-20-15(14-8-5-9-23-14)16(19-2)17(22)21-18/h4-10H,3,11H2,1H3,(H,20,21,22). The molecule has 24 heavy (non-hydrogen) atoms. The van der Waals surface area contributed by atoms with E-state index in [2.05, 4.69) is 39.9 Å². The van der Waals surface area contributed by atoms with Crippen LogP contribution in [0.25, 0.3) is 15.4 Å². The predicted octanol–water partition coefficient (Wildman–Crippen LogP) is 4.90. The molecule has 2 aromatic heterocycles. The summed E-state index contributed by atoms with van der Waals surface area (Å²) in [5, 5.41) is 2.45. The van der Waals surface area contributed by atoms with E-state index >= 15 is 0 Å². The highest BCUT2D eigenvalue weighted by Gasteiger charge is 2.14. The van der Waals surface area contributed by atoms with Crippen LogP contribution in [-0.4, -0.2) is 9.97 Å². The van der Waals surface area contributed by atoms with Crippen LogP contribution in [0.5, 0.6) is 0 Å². The molecule has 0 aliphatic heterocycles. The lowest BCUT2D eigenvalue weighted by Gasteiger charge is -2.06. The van der Waals surface area contributed by atoms with Gasteiger partial charge in [-0.2, -0.15) is 0 Å². The van der Waals surface area contributed by atoms with Crippen LogP contribution >= 0.6 is 23.1 Å². The number of hydrogen-bond acceptors (Lipinski definition) is 4. The molecule has 2 heterocycles. The molecule has 0 saturated carbocycles. The molecule has 0 unspecified atom stereocenters. The lowest BCUT2D eigenvalue weighted by atomic mass is 10.1. The first-order valence-corrected chi connectivity index (χ1v) is 9.34. The van der Waals surface area contributed by atoms with Gasteiger partial charge in [-0.1, -0.05) is 49.0 Å². The first-order chi connectivity index (χ1) is 11.7. The lowest BCUT2D eigenvalue weighted by molar-refractivity contribution is 0.950. The van der Waals surface area contributed by atoms with Crippen molar-refractivity contribution >= 4 is 28.8 Å². The number of thioether (sulfide) groups is 1. The molecule has 120 valence electrons. The first kappa shape index (κ1) is 16.5. The summed E-state index contributed by atoms with van der Waals surface area (Å²) in [7, 11) is 0. The predicted molar refractivity (Wildman–Crippen MR) is 99.8 cm³/mol. The van der Waals surface area contributed by atoms with Gasteiger partial charge >= 0.3 is 0 Å². The fourth-order valence-corrected chi connectivity index (χ4v) is 3.81. The number of aromatic amines is 1. The van der Waals surface area contributed by atoms with E-state index in [1.54, 1.807) is 0 Å². The third-order valence-electron chi connectivity index (χ3n) is 3.51. The van der Waals surface area contributed by atoms with Crippen molar-refractivity contribution in [3.05, 3.63) is 74.7 Å². The first-order valence-electron chi connectivity index (χ1n) is 7.47. The molecular weight excluding hydrogens is 338 g/mol. The van der Waals surface area contributed by atoms with Gasteiger partial charge < -0.3 is 4.98 Å². The van der Waals surface area contributed by atoms with Crippen molar-refractivity contribution in [2.75, 3.05) is 0 Å². The van der Waals surface area contributed by atoms with Gasteiger partial charge in [0.25, 0.3) is 11.2 Å². The fourth-order valence-electron chi connectivity index (χ4n) is 2.29. The van der Waals surface area contributed by atoms with Crippen LogP contribution in [0.15, 0.2) is 51.7 Å². The van der Waals surface area contributed by atoms with Crippen molar-refractivity contribution in [3.63, 3.8) is 0 Å². The molecule has 0 saturated heterocycles. The van der Waals surface area contributed by atoms with Crippen LogP contribution in [0, 0.1) is 6.57 Å². The number of H-pyrrole nitrogens is 1. The van der Waals surface area contributed by atoms with E-state index in [4.69, 9.17) is 6.57 Å². The Morgan fingerprint density at radius 2 is 2.12 bits per heavy atom. The molecule has 0 aliphatic carbocycles. The summed E-state index contributed by atoms with van der Waals surface area (Å²) in [5.41, 5.74) is 2.61. The second-order valence-electron chi connectivity index (χ2n) is 5.12. The minimum Gasteiger partial charge on any atom is -0.311 e. The van der Waals surface area contributed by atoms with Crippen molar-refractivity contribution in [2.45, 2.75) is 24.3 Å². The minimum atomic E-state index is -0.381. The van der Waals surface area contributed by atoms with Crippen LogP contribution < -0.4 is 5.56 Å². The minimum absolute atomic E-state index is 0.0507. The average molecular weight is 353 g/mol. The number of aromatic nitrogens is 2. The van der Waals surface area contributed by atoms with E-state index in [0.29, 0.717) is 10.9 Å². The molecule has 0 amide bonds. The zero-order valence-corrected chi connectivity index (χ0v) is 14.7. The molecule has 3 aromatic rings. The molecule has 1 aromatic carbocycles. The maximum absolute atomic E-state index is 12.2. The fraction of sp³-hybridized carbons (Fsp3) is 0.167. The smallest absolute Gasteiger partial charge is 0.276 e. The maximum atomic E-state index is 12.2. The van der Waals surface area contributed by atoms with Crippen LogP contribution in [-0.2, 0) is 12.2 Å². The number of thiophene rings is 1. The van der Waals surface area contributed by atoms with Gasteiger partial charge in [0.2, 0.25) is 0 Å². The molecule has 6 heteroatoms. The summed E-state index contributed by atoms with van der Waals surface area (Å²) in [4.78, 5) is 23.6. The van der Waals surface area contributed by atoms with Crippen molar-refractivity contribution in [3.8, 4) is 10.6 Å². The SMILES string of the molecule is [C-]#[N+]c1c(-c2cccs2)nc(SCc2cccc(CC)c2)[nH]c1=O. The van der Waals surface area contributed by atoms with E-state index in [0.717, 1.165) is 17.1 Å². The van der Waals surface area contributed by atoms with Gasteiger partial charge in [0.15, 0.2) is 5.16 Å². The van der Waals surface area contributed by atoms with Crippen molar-refractivity contribution in [1.29, 1.82) is 0 Å². The summed E-state index contributed by atoms with van der Waals surface area (Å²) in [5.74, 6) is 0.720. The lowest BCUT2D eigenvalue weighted by Crippen LogP contribution is -2.09. The highest BCUT2D eigenvalue weighted by atomic mass is 32.2. The highest BCUT2D eigenvalue weighted by molar-refractivity contribution is 7.98. The molecule has 0 spiro atoms. The van der Waals surface area contributed by atoms with Gasteiger partial charge in [-0.3, -0.25) is 4.79 Å². The van der Waals surface area contributed by atoms with Gasteiger partial charge in [-0.05, 0) is 29.0 Å².